The third kappa shape index (κ3) is 2.83. The van der Waals surface area contributed by atoms with Gasteiger partial charge in [0.1, 0.15) is 0 Å². The van der Waals surface area contributed by atoms with E-state index in [0.29, 0.717) is 16.3 Å². The highest BCUT2D eigenvalue weighted by Gasteiger charge is 2.28. The summed E-state index contributed by atoms with van der Waals surface area (Å²) < 4.78 is 14.5. The molecule has 1 atom stereocenters. The average Bonchev–Trinajstić information content (AvgIpc) is 2.80. The molecular weight excluding hydrogens is 297 g/mol. The third-order valence-corrected chi connectivity index (χ3v) is 4.01. The lowest BCUT2D eigenvalue weighted by Gasteiger charge is -2.26. The van der Waals surface area contributed by atoms with E-state index in [0.717, 1.165) is 32.6 Å². The van der Waals surface area contributed by atoms with Gasteiger partial charge in [-0.3, -0.25) is 4.90 Å². The number of pyridine rings is 1. The molecule has 1 unspecified atom stereocenters. The molecule has 0 amide bonds. The van der Waals surface area contributed by atoms with E-state index in [9.17, 15) is 4.39 Å². The number of hydrogen-bond acceptors (Lipinski definition) is 3. The minimum absolute atomic E-state index is 0.246. The van der Waals surface area contributed by atoms with E-state index >= 15 is 0 Å². The van der Waals surface area contributed by atoms with Crippen molar-refractivity contribution in [1.82, 2.24) is 9.88 Å². The number of hydrogen-bond donors (Lipinski definition) is 0. The molecule has 100 valence electrons. The Hall–Kier alpha value is -0.680. The van der Waals surface area contributed by atoms with Gasteiger partial charge < -0.3 is 4.90 Å². The van der Waals surface area contributed by atoms with Gasteiger partial charge in [0, 0.05) is 29.8 Å². The van der Waals surface area contributed by atoms with Crippen molar-refractivity contribution >= 4 is 21.7 Å². The summed E-state index contributed by atoms with van der Waals surface area (Å²) in [4.78, 5) is 8.66. The fourth-order valence-electron chi connectivity index (χ4n) is 2.61. The highest BCUT2D eigenvalue weighted by Crippen LogP contribution is 2.25. The first kappa shape index (κ1) is 13.7. The predicted molar refractivity (Wildman–Crippen MR) is 75.4 cm³/mol. The summed E-state index contributed by atoms with van der Waals surface area (Å²) in [6, 6.07) is 2.00. The quantitative estimate of drug-likeness (QED) is 0.851. The molecule has 1 fully saturated rings. The Bertz CT molecular complexity index is 409. The molecule has 5 heteroatoms. The SMILES string of the molecule is CCN(CC)C1CCN(c2ncc(Br)cc2F)C1. The molecule has 1 aliphatic heterocycles. The van der Waals surface area contributed by atoms with E-state index in [1.165, 1.54) is 6.07 Å². The van der Waals surface area contributed by atoms with Crippen molar-refractivity contribution in [3.8, 4) is 0 Å². The molecular formula is C13H19BrFN3. The molecule has 2 heterocycles. The first-order chi connectivity index (χ1) is 8.65. The molecule has 0 saturated carbocycles. The van der Waals surface area contributed by atoms with Crippen molar-refractivity contribution in [2.75, 3.05) is 31.1 Å². The maximum absolute atomic E-state index is 13.8. The van der Waals surface area contributed by atoms with Crippen molar-refractivity contribution < 1.29 is 4.39 Å². The van der Waals surface area contributed by atoms with Gasteiger partial charge in [0.15, 0.2) is 11.6 Å². The first-order valence-electron chi connectivity index (χ1n) is 6.45. The Labute approximate surface area is 116 Å². The van der Waals surface area contributed by atoms with Crippen molar-refractivity contribution in [3.63, 3.8) is 0 Å². The highest BCUT2D eigenvalue weighted by molar-refractivity contribution is 9.10. The van der Waals surface area contributed by atoms with Gasteiger partial charge in [-0.15, -0.1) is 0 Å². The van der Waals surface area contributed by atoms with Crippen molar-refractivity contribution in [2.24, 2.45) is 0 Å². The minimum Gasteiger partial charge on any atom is -0.353 e. The van der Waals surface area contributed by atoms with E-state index in [-0.39, 0.29) is 5.82 Å². The van der Waals surface area contributed by atoms with E-state index in [2.05, 4.69) is 39.7 Å². The normalized spacial score (nSPS) is 19.8. The first-order valence-corrected chi connectivity index (χ1v) is 7.25. The summed E-state index contributed by atoms with van der Waals surface area (Å²) in [5, 5.41) is 0. The van der Waals surface area contributed by atoms with Gasteiger partial charge in [-0.05, 0) is 41.5 Å². The van der Waals surface area contributed by atoms with Crippen molar-refractivity contribution in [2.45, 2.75) is 26.3 Å². The Morgan fingerprint density at radius 2 is 2.22 bits per heavy atom. The molecule has 0 radical (unpaired) electrons. The second-order valence-corrected chi connectivity index (χ2v) is 5.48. The standard InChI is InChI=1S/C13H19BrFN3/c1-3-17(4-2)11-5-6-18(9-11)13-12(15)7-10(14)8-16-13/h7-8,11H,3-6,9H2,1-2H3. The van der Waals surface area contributed by atoms with E-state index in [1.54, 1.807) is 6.20 Å². The lowest BCUT2D eigenvalue weighted by Crippen LogP contribution is -2.37. The molecule has 0 aliphatic carbocycles. The molecule has 3 nitrogen and oxygen atoms in total. The van der Waals surface area contributed by atoms with Crippen LogP contribution >= 0.6 is 15.9 Å². The van der Waals surface area contributed by atoms with Crippen LogP contribution in [-0.2, 0) is 0 Å². The number of rotatable bonds is 4. The van der Waals surface area contributed by atoms with E-state index in [4.69, 9.17) is 0 Å². The van der Waals surface area contributed by atoms with Crippen LogP contribution in [0.2, 0.25) is 0 Å². The van der Waals surface area contributed by atoms with E-state index in [1.807, 2.05) is 4.90 Å². The number of halogens is 2. The summed E-state index contributed by atoms with van der Waals surface area (Å²) >= 11 is 3.23. The Morgan fingerprint density at radius 1 is 1.50 bits per heavy atom. The Morgan fingerprint density at radius 3 is 2.83 bits per heavy atom. The second kappa shape index (κ2) is 5.97. The maximum Gasteiger partial charge on any atom is 0.166 e. The zero-order valence-electron chi connectivity index (χ0n) is 10.9. The molecule has 1 aliphatic rings. The van der Waals surface area contributed by atoms with Crippen LogP contribution in [0, 0.1) is 5.82 Å². The largest absolute Gasteiger partial charge is 0.353 e. The van der Waals surface area contributed by atoms with Gasteiger partial charge in [-0.25, -0.2) is 9.37 Å². The lowest BCUT2D eigenvalue weighted by molar-refractivity contribution is 0.232. The Balaban J connectivity index is 2.08. The lowest BCUT2D eigenvalue weighted by atomic mass is 10.2. The van der Waals surface area contributed by atoms with Crippen LogP contribution in [0.15, 0.2) is 16.7 Å². The maximum atomic E-state index is 13.8. The fraction of sp³-hybridized carbons (Fsp3) is 0.615. The van der Waals surface area contributed by atoms with Crippen LogP contribution < -0.4 is 4.90 Å². The van der Waals surface area contributed by atoms with Gasteiger partial charge in [-0.2, -0.15) is 0 Å². The number of likely N-dealkylation sites (N-methyl/N-ethyl adjacent to an activating group) is 1. The molecule has 0 aromatic carbocycles. The number of anilines is 1. The second-order valence-electron chi connectivity index (χ2n) is 4.57. The monoisotopic (exact) mass is 315 g/mol. The average molecular weight is 316 g/mol. The zero-order chi connectivity index (χ0) is 13.1. The van der Waals surface area contributed by atoms with Crippen LogP contribution in [0.25, 0.3) is 0 Å². The molecule has 0 N–H and O–H groups in total. The van der Waals surface area contributed by atoms with Crippen LogP contribution in [0.3, 0.4) is 0 Å². The molecule has 0 bridgehead atoms. The van der Waals surface area contributed by atoms with Gasteiger partial charge in [0.2, 0.25) is 0 Å². The number of aromatic nitrogens is 1. The smallest absolute Gasteiger partial charge is 0.166 e. The van der Waals surface area contributed by atoms with Gasteiger partial charge >= 0.3 is 0 Å². The molecule has 1 saturated heterocycles. The van der Waals surface area contributed by atoms with Crippen LogP contribution in [-0.4, -0.2) is 42.1 Å². The van der Waals surface area contributed by atoms with Gasteiger partial charge in [-0.1, -0.05) is 13.8 Å². The fourth-order valence-corrected chi connectivity index (χ4v) is 2.92. The predicted octanol–water partition coefficient (Wildman–Crippen LogP) is 2.90. The molecule has 18 heavy (non-hydrogen) atoms. The van der Waals surface area contributed by atoms with Crippen molar-refractivity contribution in [3.05, 3.63) is 22.6 Å². The minimum atomic E-state index is -0.246. The van der Waals surface area contributed by atoms with Crippen LogP contribution in [0.1, 0.15) is 20.3 Å². The highest BCUT2D eigenvalue weighted by atomic mass is 79.9. The molecule has 0 spiro atoms. The summed E-state index contributed by atoms with van der Waals surface area (Å²) in [5.74, 6) is 0.234. The topological polar surface area (TPSA) is 19.4 Å². The summed E-state index contributed by atoms with van der Waals surface area (Å²) in [7, 11) is 0. The number of nitrogens with zero attached hydrogens (tertiary/aromatic N) is 3. The van der Waals surface area contributed by atoms with Crippen LogP contribution in [0.4, 0.5) is 10.2 Å². The van der Waals surface area contributed by atoms with E-state index < -0.39 is 0 Å². The summed E-state index contributed by atoms with van der Waals surface area (Å²) in [5.41, 5.74) is 0. The van der Waals surface area contributed by atoms with Gasteiger partial charge in [0.05, 0.1) is 0 Å². The summed E-state index contributed by atoms with van der Waals surface area (Å²) in [6.07, 6.45) is 2.74. The van der Waals surface area contributed by atoms with Crippen LogP contribution in [0.5, 0.6) is 0 Å². The molecule has 1 aromatic heterocycles. The zero-order valence-corrected chi connectivity index (χ0v) is 12.5. The molecule has 2 rings (SSSR count). The van der Waals surface area contributed by atoms with Gasteiger partial charge in [0.25, 0.3) is 0 Å². The van der Waals surface area contributed by atoms with Crippen molar-refractivity contribution in [1.29, 1.82) is 0 Å². The third-order valence-electron chi connectivity index (χ3n) is 3.58. The Kier molecular flexibility index (Phi) is 4.56. The summed E-state index contributed by atoms with van der Waals surface area (Å²) in [6.45, 7) is 8.19. The molecule has 1 aromatic rings.